The highest BCUT2D eigenvalue weighted by atomic mass is 31.2. The molecule has 0 saturated carbocycles. The molecule has 3 atom stereocenters. The standard InChI is InChI=1S/C78H143O12P/c1-5-9-13-17-21-25-29-33-37-41-45-49-53-57-61-65-75(79)85-69-73(89-77(81)67-63-59-55-51-47-43-39-35-31-27-23-19-15-11-7-3)71-87-91(83,84)88-72-74(90-78(82)68-64-60-56-52-48-44-40-36-32-28-24-20-16-12-8-4)70-86-76(80)66-62-58-54-50-46-42-38-34-30-26-22-18-14-10-6-2/h33-40,73-74H,5-32,41-72H2,1-4H3,(H,83,84)/p-1/b37-33-,38-34-,39-35-,40-36-/t73-,74+. The van der Waals surface area contributed by atoms with Crippen LogP contribution < -0.4 is 4.89 Å². The molecule has 0 saturated heterocycles. The third kappa shape index (κ3) is 69.6. The molecule has 91 heavy (non-hydrogen) atoms. The zero-order valence-corrected chi connectivity index (χ0v) is 60.4. The van der Waals surface area contributed by atoms with Crippen molar-refractivity contribution in [3.05, 3.63) is 48.6 Å². The molecular formula is C78H142O12P-. The van der Waals surface area contributed by atoms with E-state index in [1.54, 1.807) is 0 Å². The maximum absolute atomic E-state index is 13.4. The molecular weight excluding hydrogens is 1160 g/mol. The van der Waals surface area contributed by atoms with Crippen molar-refractivity contribution in [1.82, 2.24) is 0 Å². The van der Waals surface area contributed by atoms with Crippen LogP contribution in [0.3, 0.4) is 0 Å². The Bertz CT molecular complexity index is 1660. The van der Waals surface area contributed by atoms with E-state index in [1.165, 1.54) is 154 Å². The van der Waals surface area contributed by atoms with Crippen molar-refractivity contribution < 1.29 is 56.6 Å². The molecule has 13 heteroatoms. The lowest BCUT2D eigenvalue weighted by Gasteiger charge is -2.27. The van der Waals surface area contributed by atoms with Crippen LogP contribution in [-0.4, -0.2) is 62.5 Å². The first-order valence-corrected chi connectivity index (χ1v) is 39.9. The highest BCUT2D eigenvalue weighted by molar-refractivity contribution is 7.45. The van der Waals surface area contributed by atoms with E-state index < -0.39 is 57.1 Å². The number of phosphoric acid groups is 1. The fraction of sp³-hybridized carbons (Fsp3) is 0.846. The Balaban J connectivity index is 5.40. The van der Waals surface area contributed by atoms with Crippen LogP contribution in [0.5, 0.6) is 0 Å². The topological polar surface area (TPSA) is 164 Å². The highest BCUT2D eigenvalue weighted by Crippen LogP contribution is 2.39. The van der Waals surface area contributed by atoms with Gasteiger partial charge in [0.1, 0.15) is 13.2 Å². The van der Waals surface area contributed by atoms with Crippen LogP contribution in [-0.2, 0) is 51.7 Å². The average molecular weight is 1300 g/mol. The zero-order chi connectivity index (χ0) is 66.3. The van der Waals surface area contributed by atoms with Gasteiger partial charge in [-0.15, -0.1) is 0 Å². The van der Waals surface area contributed by atoms with Gasteiger partial charge in [0.05, 0.1) is 13.2 Å². The Morgan fingerprint density at radius 3 is 0.681 bits per heavy atom. The predicted octanol–water partition coefficient (Wildman–Crippen LogP) is 23.5. The van der Waals surface area contributed by atoms with Crippen LogP contribution >= 0.6 is 7.82 Å². The van der Waals surface area contributed by atoms with Gasteiger partial charge in [-0.3, -0.25) is 23.7 Å². The summed E-state index contributed by atoms with van der Waals surface area (Å²) in [5, 5.41) is 0. The maximum Gasteiger partial charge on any atom is 0.306 e. The van der Waals surface area contributed by atoms with Crippen LogP contribution in [0.15, 0.2) is 48.6 Å². The third-order valence-electron chi connectivity index (χ3n) is 16.9. The lowest BCUT2D eigenvalue weighted by atomic mass is 10.1. The number of phosphoric ester groups is 1. The molecule has 0 fully saturated rings. The van der Waals surface area contributed by atoms with E-state index in [0.717, 1.165) is 154 Å². The summed E-state index contributed by atoms with van der Waals surface area (Å²) < 4.78 is 46.3. The van der Waals surface area contributed by atoms with Crippen molar-refractivity contribution in [3.8, 4) is 0 Å². The first-order valence-electron chi connectivity index (χ1n) is 38.5. The van der Waals surface area contributed by atoms with E-state index >= 15 is 0 Å². The number of esters is 4. The van der Waals surface area contributed by atoms with Crippen LogP contribution in [0.2, 0.25) is 0 Å². The highest BCUT2D eigenvalue weighted by Gasteiger charge is 2.24. The number of unbranched alkanes of at least 4 members (excludes halogenated alkanes) is 44. The molecule has 12 nitrogen and oxygen atoms in total. The summed E-state index contributed by atoms with van der Waals surface area (Å²) in [6, 6.07) is 0. The van der Waals surface area contributed by atoms with E-state index in [9.17, 15) is 28.6 Å². The zero-order valence-electron chi connectivity index (χ0n) is 59.5. The molecule has 532 valence electrons. The van der Waals surface area contributed by atoms with Crippen molar-refractivity contribution in [2.45, 2.75) is 399 Å². The summed E-state index contributed by atoms with van der Waals surface area (Å²) in [6.07, 6.45) is 75.5. The van der Waals surface area contributed by atoms with Gasteiger partial charge < -0.3 is 32.9 Å². The normalized spacial score (nSPS) is 13.2. The summed E-state index contributed by atoms with van der Waals surface area (Å²) in [4.78, 5) is 65.5. The number of rotatable bonds is 72. The maximum atomic E-state index is 13.4. The van der Waals surface area contributed by atoms with Gasteiger partial charge in [0, 0.05) is 25.7 Å². The van der Waals surface area contributed by atoms with E-state index in [2.05, 4.69) is 76.3 Å². The molecule has 0 aromatic rings. The summed E-state index contributed by atoms with van der Waals surface area (Å²) in [6.45, 7) is 6.92. The van der Waals surface area contributed by atoms with Crippen molar-refractivity contribution in [2.24, 2.45) is 0 Å². The number of allylic oxidation sites excluding steroid dienone is 8. The number of hydrogen-bond donors (Lipinski definition) is 0. The summed E-state index contributed by atoms with van der Waals surface area (Å²) in [7, 11) is -5.11. The van der Waals surface area contributed by atoms with Crippen molar-refractivity contribution in [1.29, 1.82) is 0 Å². The second kappa shape index (κ2) is 71.2. The molecule has 0 aromatic heterocycles. The number of carbonyl (C=O) groups excluding carboxylic acids is 4. The molecule has 1 unspecified atom stereocenters. The Hall–Kier alpha value is -3.05. The molecule has 0 aliphatic heterocycles. The van der Waals surface area contributed by atoms with Gasteiger partial charge in [-0.25, -0.2) is 0 Å². The number of hydrogen-bond acceptors (Lipinski definition) is 12. The van der Waals surface area contributed by atoms with Gasteiger partial charge >= 0.3 is 23.9 Å². The van der Waals surface area contributed by atoms with E-state index in [0.29, 0.717) is 25.7 Å². The first-order chi connectivity index (χ1) is 44.6. The van der Waals surface area contributed by atoms with Crippen LogP contribution in [0.1, 0.15) is 387 Å². The quantitative estimate of drug-likeness (QED) is 0.0186. The van der Waals surface area contributed by atoms with Crippen molar-refractivity contribution in [3.63, 3.8) is 0 Å². The second-order valence-electron chi connectivity index (χ2n) is 26.0. The summed E-state index contributed by atoms with van der Waals surface area (Å²) >= 11 is 0. The third-order valence-corrected chi connectivity index (χ3v) is 17.8. The van der Waals surface area contributed by atoms with Crippen molar-refractivity contribution >= 4 is 31.7 Å². The van der Waals surface area contributed by atoms with Gasteiger partial charge in [-0.05, 0) is 128 Å². The van der Waals surface area contributed by atoms with Crippen LogP contribution in [0.4, 0.5) is 0 Å². The minimum Gasteiger partial charge on any atom is -0.756 e. The Morgan fingerprint density at radius 1 is 0.275 bits per heavy atom. The molecule has 0 spiro atoms. The lowest BCUT2D eigenvalue weighted by molar-refractivity contribution is -0.231. The molecule has 0 heterocycles. The first kappa shape index (κ1) is 88.0. The molecule has 0 bridgehead atoms. The van der Waals surface area contributed by atoms with Gasteiger partial charge in [-0.1, -0.05) is 282 Å². The fourth-order valence-corrected chi connectivity index (χ4v) is 11.8. The Morgan fingerprint density at radius 2 is 0.462 bits per heavy atom. The number of ether oxygens (including phenoxy) is 4. The molecule has 0 amide bonds. The molecule has 0 aliphatic rings. The summed E-state index contributed by atoms with van der Waals surface area (Å²) in [5.74, 6) is -2.00. The lowest BCUT2D eigenvalue weighted by Crippen LogP contribution is -2.32. The smallest absolute Gasteiger partial charge is 0.306 e. The summed E-state index contributed by atoms with van der Waals surface area (Å²) in [5.41, 5.74) is 0. The van der Waals surface area contributed by atoms with Gasteiger partial charge in [-0.2, -0.15) is 0 Å². The van der Waals surface area contributed by atoms with E-state index in [4.69, 9.17) is 28.0 Å². The van der Waals surface area contributed by atoms with E-state index in [-0.39, 0.29) is 38.9 Å². The monoisotopic (exact) mass is 1300 g/mol. The largest absolute Gasteiger partial charge is 0.756 e. The minimum absolute atomic E-state index is 0.128. The molecule has 0 N–H and O–H groups in total. The fourth-order valence-electron chi connectivity index (χ4n) is 11.0. The number of carbonyl (C=O) groups is 4. The van der Waals surface area contributed by atoms with Crippen molar-refractivity contribution in [2.75, 3.05) is 26.4 Å². The van der Waals surface area contributed by atoms with Gasteiger partial charge in [0.2, 0.25) is 0 Å². The van der Waals surface area contributed by atoms with Gasteiger partial charge in [0.25, 0.3) is 7.82 Å². The minimum atomic E-state index is -5.11. The second-order valence-corrected chi connectivity index (χ2v) is 27.4. The average Bonchev–Trinajstić information content (AvgIpc) is 2.71. The Kier molecular flexibility index (Phi) is 68.9. The van der Waals surface area contributed by atoms with Gasteiger partial charge in [0.15, 0.2) is 12.2 Å². The molecule has 0 aromatic carbocycles. The molecule has 0 aliphatic carbocycles. The molecule has 0 rings (SSSR count). The predicted molar refractivity (Wildman–Crippen MR) is 379 cm³/mol. The SMILES string of the molecule is CCCCCCCC/C=C\CCCCCCCC(=O)OC[C@H](COP(=O)([O-])OC[C@H](COC(=O)CCCCCCC/C=C\CCCCCCCC)OC(=O)CCCCCCC/C=C\CCCCCCCC)OC(=O)CCCCCCC/C=C\CCCCCCCC. The molecule has 0 radical (unpaired) electrons. The van der Waals surface area contributed by atoms with Crippen LogP contribution in [0.25, 0.3) is 0 Å². The Labute approximate surface area is 560 Å². The van der Waals surface area contributed by atoms with Crippen LogP contribution in [0, 0.1) is 0 Å². The van der Waals surface area contributed by atoms with E-state index in [1.807, 2.05) is 0 Å².